The summed E-state index contributed by atoms with van der Waals surface area (Å²) in [5, 5.41) is 4.97. The first-order chi connectivity index (χ1) is 10.9. The second-order valence-corrected chi connectivity index (χ2v) is 5.45. The van der Waals surface area contributed by atoms with Crippen molar-refractivity contribution in [2.75, 3.05) is 20.3 Å². The van der Waals surface area contributed by atoms with Crippen LogP contribution in [0.4, 0.5) is 9.18 Å². The number of benzene rings is 1. The minimum absolute atomic E-state index is 0.00488. The number of imide groups is 1. The van der Waals surface area contributed by atoms with Gasteiger partial charge in [-0.15, -0.1) is 0 Å². The summed E-state index contributed by atoms with van der Waals surface area (Å²) in [6.45, 7) is 1.07. The SMILES string of the molecule is COC[C@@]1(C)NC(=O)N(CC(=O)NCc2ccccc2F)C1=O. The summed E-state index contributed by atoms with van der Waals surface area (Å²) in [4.78, 5) is 36.8. The van der Waals surface area contributed by atoms with Crippen LogP contribution < -0.4 is 10.6 Å². The highest BCUT2D eigenvalue weighted by Crippen LogP contribution is 2.17. The fourth-order valence-electron chi connectivity index (χ4n) is 2.31. The molecule has 1 aromatic rings. The highest BCUT2D eigenvalue weighted by atomic mass is 19.1. The fraction of sp³-hybridized carbons (Fsp3) is 0.400. The molecule has 1 saturated heterocycles. The molecule has 7 nitrogen and oxygen atoms in total. The fourth-order valence-corrected chi connectivity index (χ4v) is 2.31. The molecule has 1 atom stereocenters. The third-order valence-corrected chi connectivity index (χ3v) is 3.51. The second kappa shape index (κ2) is 6.74. The number of halogens is 1. The maximum atomic E-state index is 13.5. The number of hydrogen-bond acceptors (Lipinski definition) is 4. The molecule has 0 spiro atoms. The van der Waals surface area contributed by atoms with Crippen molar-refractivity contribution in [2.24, 2.45) is 0 Å². The Morgan fingerprint density at radius 2 is 2.09 bits per heavy atom. The predicted octanol–water partition coefficient (Wildman–Crippen LogP) is 0.399. The number of carbonyl (C=O) groups is 3. The van der Waals surface area contributed by atoms with Crippen molar-refractivity contribution in [2.45, 2.75) is 19.0 Å². The standard InChI is InChI=1S/C15H18FN3O4/c1-15(9-23-2)13(21)19(14(22)18-15)8-12(20)17-7-10-5-3-4-6-11(10)16/h3-6H,7-9H2,1-2H3,(H,17,20)(H,18,22)/t15-/m1/s1. The summed E-state index contributed by atoms with van der Waals surface area (Å²) < 4.78 is 18.4. The topological polar surface area (TPSA) is 87.7 Å². The zero-order valence-corrected chi connectivity index (χ0v) is 12.9. The van der Waals surface area contributed by atoms with E-state index in [9.17, 15) is 18.8 Å². The number of methoxy groups -OCH3 is 1. The van der Waals surface area contributed by atoms with Crippen molar-refractivity contribution in [3.63, 3.8) is 0 Å². The van der Waals surface area contributed by atoms with Crippen LogP contribution >= 0.6 is 0 Å². The Labute approximate surface area is 132 Å². The molecule has 0 aromatic heterocycles. The minimum atomic E-state index is -1.18. The number of nitrogens with zero attached hydrogens (tertiary/aromatic N) is 1. The number of rotatable bonds is 6. The van der Waals surface area contributed by atoms with Crippen molar-refractivity contribution in [3.8, 4) is 0 Å². The first-order valence-corrected chi connectivity index (χ1v) is 7.00. The van der Waals surface area contributed by atoms with E-state index in [1.807, 2.05) is 0 Å². The molecule has 1 heterocycles. The smallest absolute Gasteiger partial charge is 0.325 e. The molecule has 124 valence electrons. The Morgan fingerprint density at radius 1 is 1.39 bits per heavy atom. The molecular weight excluding hydrogens is 305 g/mol. The van der Waals surface area contributed by atoms with E-state index in [0.29, 0.717) is 5.56 Å². The van der Waals surface area contributed by atoms with Gasteiger partial charge >= 0.3 is 6.03 Å². The van der Waals surface area contributed by atoms with Gasteiger partial charge in [-0.2, -0.15) is 0 Å². The van der Waals surface area contributed by atoms with E-state index >= 15 is 0 Å². The zero-order valence-electron chi connectivity index (χ0n) is 12.9. The van der Waals surface area contributed by atoms with E-state index in [1.165, 1.54) is 20.1 Å². The Bertz CT molecular complexity index is 637. The number of urea groups is 1. The van der Waals surface area contributed by atoms with Gasteiger partial charge in [-0.3, -0.25) is 14.5 Å². The molecule has 0 bridgehead atoms. The lowest BCUT2D eigenvalue weighted by molar-refractivity contribution is -0.135. The predicted molar refractivity (Wildman–Crippen MR) is 78.8 cm³/mol. The first-order valence-electron chi connectivity index (χ1n) is 7.00. The van der Waals surface area contributed by atoms with Gasteiger partial charge in [0.15, 0.2) is 0 Å². The Hall–Kier alpha value is -2.48. The van der Waals surface area contributed by atoms with E-state index < -0.39 is 35.7 Å². The summed E-state index contributed by atoms with van der Waals surface area (Å²) in [6, 6.07) is 5.37. The van der Waals surface area contributed by atoms with Crippen LogP contribution in [0.5, 0.6) is 0 Å². The Morgan fingerprint density at radius 3 is 2.74 bits per heavy atom. The van der Waals surface area contributed by atoms with Gasteiger partial charge in [0, 0.05) is 19.2 Å². The summed E-state index contributed by atoms with van der Waals surface area (Å²) in [5.74, 6) is -1.53. The van der Waals surface area contributed by atoms with E-state index in [-0.39, 0.29) is 13.2 Å². The third-order valence-electron chi connectivity index (χ3n) is 3.51. The normalized spacial score (nSPS) is 20.6. The van der Waals surface area contributed by atoms with Crippen LogP contribution in [0.25, 0.3) is 0 Å². The van der Waals surface area contributed by atoms with E-state index in [0.717, 1.165) is 4.90 Å². The van der Waals surface area contributed by atoms with Crippen LogP contribution in [0.2, 0.25) is 0 Å². The monoisotopic (exact) mass is 323 g/mol. The van der Waals surface area contributed by atoms with Gasteiger partial charge in [0.2, 0.25) is 5.91 Å². The quantitative estimate of drug-likeness (QED) is 0.742. The number of ether oxygens (including phenoxy) is 1. The lowest BCUT2D eigenvalue weighted by Gasteiger charge is -2.20. The van der Waals surface area contributed by atoms with Gasteiger partial charge in [0.1, 0.15) is 17.9 Å². The average Bonchev–Trinajstić information content (AvgIpc) is 2.70. The summed E-state index contributed by atoms with van der Waals surface area (Å²) in [5.41, 5.74) is -0.861. The summed E-state index contributed by atoms with van der Waals surface area (Å²) in [6.07, 6.45) is 0. The van der Waals surface area contributed by atoms with Gasteiger partial charge in [-0.05, 0) is 13.0 Å². The van der Waals surface area contributed by atoms with E-state index in [2.05, 4.69) is 10.6 Å². The molecule has 1 aliphatic rings. The zero-order chi connectivity index (χ0) is 17.0. The molecule has 0 saturated carbocycles. The molecule has 0 radical (unpaired) electrons. The first kappa shape index (κ1) is 16.9. The molecule has 2 rings (SSSR count). The van der Waals surface area contributed by atoms with E-state index in [4.69, 9.17) is 4.74 Å². The van der Waals surface area contributed by atoms with Crippen LogP contribution in [0.3, 0.4) is 0 Å². The van der Waals surface area contributed by atoms with Crippen LogP contribution in [0.1, 0.15) is 12.5 Å². The van der Waals surface area contributed by atoms with Gasteiger partial charge < -0.3 is 15.4 Å². The van der Waals surface area contributed by atoms with Gasteiger partial charge in [0.25, 0.3) is 5.91 Å². The van der Waals surface area contributed by atoms with Gasteiger partial charge in [0.05, 0.1) is 6.61 Å². The number of amides is 4. The van der Waals surface area contributed by atoms with Crippen molar-refractivity contribution >= 4 is 17.8 Å². The molecule has 1 fully saturated rings. The molecule has 0 aliphatic carbocycles. The Balaban J connectivity index is 1.94. The maximum absolute atomic E-state index is 13.5. The minimum Gasteiger partial charge on any atom is -0.382 e. The van der Waals surface area contributed by atoms with Crippen molar-refractivity contribution < 1.29 is 23.5 Å². The van der Waals surface area contributed by atoms with E-state index in [1.54, 1.807) is 18.2 Å². The van der Waals surface area contributed by atoms with Gasteiger partial charge in [-0.25, -0.2) is 9.18 Å². The molecular formula is C15H18FN3O4. The highest BCUT2D eigenvalue weighted by molar-refractivity contribution is 6.08. The maximum Gasteiger partial charge on any atom is 0.325 e. The number of nitrogens with one attached hydrogen (secondary N) is 2. The van der Waals surface area contributed by atoms with Crippen molar-refractivity contribution in [1.29, 1.82) is 0 Å². The second-order valence-electron chi connectivity index (χ2n) is 5.45. The molecule has 0 unspecified atom stereocenters. The van der Waals surface area contributed by atoms with Crippen LogP contribution in [-0.4, -0.2) is 48.5 Å². The number of hydrogen-bond donors (Lipinski definition) is 2. The molecule has 23 heavy (non-hydrogen) atoms. The Kier molecular flexibility index (Phi) is 4.95. The van der Waals surface area contributed by atoms with Crippen molar-refractivity contribution in [1.82, 2.24) is 15.5 Å². The highest BCUT2D eigenvalue weighted by Gasteiger charge is 2.48. The van der Waals surface area contributed by atoms with Crippen molar-refractivity contribution in [3.05, 3.63) is 35.6 Å². The summed E-state index contributed by atoms with van der Waals surface area (Å²) >= 11 is 0. The average molecular weight is 323 g/mol. The number of carbonyl (C=O) groups excluding carboxylic acids is 3. The lowest BCUT2D eigenvalue weighted by atomic mass is 10.0. The molecule has 1 aromatic carbocycles. The van der Waals surface area contributed by atoms with Crippen LogP contribution in [0, 0.1) is 5.82 Å². The molecule has 4 amide bonds. The van der Waals surface area contributed by atoms with Crippen LogP contribution in [-0.2, 0) is 20.9 Å². The molecule has 2 N–H and O–H groups in total. The van der Waals surface area contributed by atoms with Gasteiger partial charge in [-0.1, -0.05) is 18.2 Å². The van der Waals surface area contributed by atoms with Crippen LogP contribution in [0.15, 0.2) is 24.3 Å². The third kappa shape index (κ3) is 3.65. The molecule has 1 aliphatic heterocycles. The lowest BCUT2D eigenvalue weighted by Crippen LogP contribution is -2.48. The largest absolute Gasteiger partial charge is 0.382 e. The molecule has 8 heteroatoms. The summed E-state index contributed by atoms with van der Waals surface area (Å²) in [7, 11) is 1.41.